The molecule has 0 aromatic heterocycles. The first-order chi connectivity index (χ1) is 12.3. The van der Waals surface area contributed by atoms with Gasteiger partial charge < -0.3 is 10.6 Å². The van der Waals surface area contributed by atoms with Gasteiger partial charge in [0.1, 0.15) is 0 Å². The smallest absolute Gasteiger partial charge is 0.243 e. The molecular weight excluding hydrogens is 408 g/mol. The predicted molar refractivity (Wildman–Crippen MR) is 98.5 cm³/mol. The summed E-state index contributed by atoms with van der Waals surface area (Å²) < 4.78 is 26.9. The van der Waals surface area contributed by atoms with Crippen molar-refractivity contribution in [1.29, 1.82) is 0 Å². The van der Waals surface area contributed by atoms with E-state index in [0.29, 0.717) is 6.54 Å². The molecule has 138 valence electrons. The fourth-order valence-electron chi connectivity index (χ4n) is 2.22. The van der Waals surface area contributed by atoms with Crippen molar-refractivity contribution >= 4 is 33.4 Å². The number of halogens is 3. The van der Waals surface area contributed by atoms with E-state index in [9.17, 15) is 18.4 Å². The Bertz CT molecular complexity index is 785. The summed E-state index contributed by atoms with van der Waals surface area (Å²) in [6.45, 7) is 0.445. The van der Waals surface area contributed by atoms with E-state index in [1.807, 2.05) is 29.2 Å². The lowest BCUT2D eigenvalue weighted by Crippen LogP contribution is -2.39. The first kappa shape index (κ1) is 20.0. The summed E-state index contributed by atoms with van der Waals surface area (Å²) in [7, 11) is 1.79. The van der Waals surface area contributed by atoms with Crippen molar-refractivity contribution in [3.05, 3.63) is 64.1 Å². The lowest BCUT2D eigenvalue weighted by molar-refractivity contribution is -0.124. The van der Waals surface area contributed by atoms with Crippen LogP contribution >= 0.6 is 15.9 Å². The number of likely N-dealkylation sites (N-methyl/N-ethyl adjacent to an activating group) is 1. The molecule has 2 rings (SSSR count). The van der Waals surface area contributed by atoms with E-state index in [2.05, 4.69) is 26.6 Å². The largest absolute Gasteiger partial charge is 0.346 e. The summed E-state index contributed by atoms with van der Waals surface area (Å²) in [6, 6.07) is 10.8. The van der Waals surface area contributed by atoms with Crippen molar-refractivity contribution in [2.45, 2.75) is 6.54 Å². The van der Waals surface area contributed by atoms with E-state index in [1.165, 1.54) is 6.07 Å². The number of hydrogen-bond acceptors (Lipinski definition) is 3. The van der Waals surface area contributed by atoms with Crippen LogP contribution in [0.25, 0.3) is 0 Å². The predicted octanol–water partition coefficient (Wildman–Crippen LogP) is 2.91. The van der Waals surface area contributed by atoms with Crippen LogP contribution in [-0.2, 0) is 16.1 Å². The van der Waals surface area contributed by atoms with Crippen LogP contribution in [0.4, 0.5) is 14.5 Å². The highest BCUT2D eigenvalue weighted by molar-refractivity contribution is 9.10. The summed E-state index contributed by atoms with van der Waals surface area (Å²) >= 11 is 3.36. The van der Waals surface area contributed by atoms with Gasteiger partial charge in [0.2, 0.25) is 11.8 Å². The molecule has 0 fully saturated rings. The summed E-state index contributed by atoms with van der Waals surface area (Å²) in [5, 5.41) is 4.87. The first-order valence-electron chi connectivity index (χ1n) is 7.78. The van der Waals surface area contributed by atoms with E-state index < -0.39 is 17.5 Å². The third kappa shape index (κ3) is 6.53. The fraction of sp³-hybridized carbons (Fsp3) is 0.222. The van der Waals surface area contributed by atoms with Gasteiger partial charge in [-0.05, 0) is 36.9 Å². The van der Waals surface area contributed by atoms with Gasteiger partial charge in [-0.3, -0.25) is 14.5 Å². The monoisotopic (exact) mass is 425 g/mol. The molecule has 0 heterocycles. The molecule has 0 aliphatic heterocycles. The SMILES string of the molecule is CN(CC(=O)NCC(=O)Nc1ccc(F)c(F)c1)Cc1ccc(Br)cc1. The Morgan fingerprint density at radius 1 is 1.04 bits per heavy atom. The van der Waals surface area contributed by atoms with Gasteiger partial charge in [0.15, 0.2) is 11.6 Å². The van der Waals surface area contributed by atoms with Crippen LogP contribution in [0.15, 0.2) is 46.9 Å². The number of amides is 2. The number of carbonyl (C=O) groups is 2. The Morgan fingerprint density at radius 2 is 1.73 bits per heavy atom. The van der Waals surface area contributed by atoms with Crippen molar-refractivity contribution < 1.29 is 18.4 Å². The zero-order valence-corrected chi connectivity index (χ0v) is 15.6. The van der Waals surface area contributed by atoms with Crippen molar-refractivity contribution in [3.63, 3.8) is 0 Å². The maximum atomic E-state index is 13.1. The average molecular weight is 426 g/mol. The van der Waals surface area contributed by atoms with Crippen LogP contribution in [0.5, 0.6) is 0 Å². The van der Waals surface area contributed by atoms with Crippen LogP contribution in [0, 0.1) is 11.6 Å². The normalized spacial score (nSPS) is 10.7. The highest BCUT2D eigenvalue weighted by atomic mass is 79.9. The maximum Gasteiger partial charge on any atom is 0.243 e. The van der Waals surface area contributed by atoms with E-state index in [1.54, 1.807) is 7.05 Å². The highest BCUT2D eigenvalue weighted by Crippen LogP contribution is 2.13. The summed E-state index contributed by atoms with van der Waals surface area (Å²) in [6.07, 6.45) is 0. The highest BCUT2D eigenvalue weighted by Gasteiger charge is 2.10. The lowest BCUT2D eigenvalue weighted by Gasteiger charge is -2.16. The topological polar surface area (TPSA) is 61.4 Å². The molecule has 0 saturated heterocycles. The molecule has 0 saturated carbocycles. The molecule has 0 aliphatic rings. The lowest BCUT2D eigenvalue weighted by atomic mass is 10.2. The Kier molecular flexibility index (Phi) is 7.23. The van der Waals surface area contributed by atoms with E-state index in [0.717, 1.165) is 22.2 Å². The Balaban J connectivity index is 1.74. The maximum absolute atomic E-state index is 13.1. The van der Waals surface area contributed by atoms with Crippen LogP contribution in [0.2, 0.25) is 0 Å². The van der Waals surface area contributed by atoms with Gasteiger partial charge in [0, 0.05) is 22.8 Å². The quantitative estimate of drug-likeness (QED) is 0.716. The van der Waals surface area contributed by atoms with Crippen LogP contribution in [0.3, 0.4) is 0 Å². The Hall–Kier alpha value is -2.32. The molecule has 5 nitrogen and oxygen atoms in total. The number of rotatable bonds is 7. The molecular formula is C18H18BrF2N3O2. The van der Waals surface area contributed by atoms with Gasteiger partial charge in [-0.15, -0.1) is 0 Å². The minimum Gasteiger partial charge on any atom is -0.346 e. The summed E-state index contributed by atoms with van der Waals surface area (Å²) in [4.78, 5) is 25.5. The molecule has 0 atom stereocenters. The summed E-state index contributed by atoms with van der Waals surface area (Å²) in [5.41, 5.74) is 1.18. The van der Waals surface area contributed by atoms with Gasteiger partial charge in [-0.2, -0.15) is 0 Å². The second kappa shape index (κ2) is 9.40. The third-order valence-corrected chi connectivity index (χ3v) is 3.96. The molecule has 2 amide bonds. The minimum atomic E-state index is -1.05. The number of nitrogens with zero attached hydrogens (tertiary/aromatic N) is 1. The van der Waals surface area contributed by atoms with Crippen LogP contribution in [0.1, 0.15) is 5.56 Å². The molecule has 0 spiro atoms. The zero-order chi connectivity index (χ0) is 19.1. The second-order valence-electron chi connectivity index (χ2n) is 5.75. The fourth-order valence-corrected chi connectivity index (χ4v) is 2.48. The number of carbonyl (C=O) groups excluding carboxylic acids is 2. The van der Waals surface area contributed by atoms with Crippen molar-refractivity contribution in [1.82, 2.24) is 10.2 Å². The molecule has 0 bridgehead atoms. The number of anilines is 1. The molecule has 2 aromatic carbocycles. The van der Waals surface area contributed by atoms with E-state index in [-0.39, 0.29) is 24.7 Å². The van der Waals surface area contributed by atoms with Gasteiger partial charge >= 0.3 is 0 Å². The molecule has 8 heteroatoms. The minimum absolute atomic E-state index is 0.120. The molecule has 2 N–H and O–H groups in total. The van der Waals surface area contributed by atoms with Crippen LogP contribution in [-0.4, -0.2) is 36.9 Å². The molecule has 0 unspecified atom stereocenters. The van der Waals surface area contributed by atoms with Crippen molar-refractivity contribution in [2.24, 2.45) is 0 Å². The second-order valence-corrected chi connectivity index (χ2v) is 6.67. The van der Waals surface area contributed by atoms with Gasteiger partial charge in [0.25, 0.3) is 0 Å². The summed E-state index contributed by atoms with van der Waals surface area (Å²) in [5.74, 6) is -2.89. The van der Waals surface area contributed by atoms with Crippen LogP contribution < -0.4 is 10.6 Å². The van der Waals surface area contributed by atoms with Crippen molar-refractivity contribution in [2.75, 3.05) is 25.5 Å². The van der Waals surface area contributed by atoms with Gasteiger partial charge in [0.05, 0.1) is 13.1 Å². The molecule has 0 radical (unpaired) electrons. The van der Waals surface area contributed by atoms with E-state index in [4.69, 9.17) is 0 Å². The van der Waals surface area contributed by atoms with E-state index >= 15 is 0 Å². The van der Waals surface area contributed by atoms with Crippen molar-refractivity contribution in [3.8, 4) is 0 Å². The number of benzene rings is 2. The Morgan fingerprint density at radius 3 is 2.38 bits per heavy atom. The average Bonchev–Trinajstić information content (AvgIpc) is 2.58. The third-order valence-electron chi connectivity index (χ3n) is 3.43. The number of hydrogen-bond donors (Lipinski definition) is 2. The molecule has 2 aromatic rings. The zero-order valence-electron chi connectivity index (χ0n) is 14.1. The van der Waals surface area contributed by atoms with Gasteiger partial charge in [-0.25, -0.2) is 8.78 Å². The van der Waals surface area contributed by atoms with Gasteiger partial charge in [-0.1, -0.05) is 28.1 Å². The Labute approximate surface area is 158 Å². The number of nitrogens with one attached hydrogen (secondary N) is 2. The molecule has 0 aliphatic carbocycles. The standard InChI is InChI=1S/C18H18BrF2N3O2/c1-24(10-12-2-4-13(19)5-3-12)11-18(26)22-9-17(25)23-14-6-7-15(20)16(21)8-14/h2-8H,9-11H2,1H3,(H,22,26)(H,23,25). The molecule has 26 heavy (non-hydrogen) atoms. The first-order valence-corrected chi connectivity index (χ1v) is 8.57.